The molecular weight excluding hydrogens is 135 g/mol. The van der Waals surface area contributed by atoms with Gasteiger partial charge in [0.1, 0.15) is 6.61 Å². The normalized spacial score (nSPS) is 19.2. The lowest BCUT2D eigenvalue weighted by Crippen LogP contribution is -2.21. The molecule has 0 saturated carbocycles. The zero-order chi connectivity index (χ0) is 6.91. The molecule has 1 radical (unpaired) electrons. The predicted octanol–water partition coefficient (Wildman–Crippen LogP) is 1.14. The third-order valence-corrected chi connectivity index (χ3v) is 0.805. The lowest BCUT2D eigenvalue weighted by molar-refractivity contribution is -0.0591. The lowest BCUT2D eigenvalue weighted by atomic mass is 10.3. The standard InChI is InChI=1S/C4H3F3NO/c5-4(6,7)3-1-2-9-8-3/h1H,2H2. The van der Waals surface area contributed by atoms with E-state index in [2.05, 4.69) is 9.99 Å². The van der Waals surface area contributed by atoms with E-state index < -0.39 is 11.9 Å². The zero-order valence-corrected chi connectivity index (χ0v) is 4.27. The molecule has 0 atom stereocenters. The van der Waals surface area contributed by atoms with Crippen LogP contribution in [0.4, 0.5) is 13.2 Å². The molecule has 0 N–H and O–H groups in total. The van der Waals surface area contributed by atoms with Crippen molar-refractivity contribution in [1.82, 2.24) is 0 Å². The average molecular weight is 138 g/mol. The molecule has 2 nitrogen and oxygen atoms in total. The monoisotopic (exact) mass is 138 g/mol. The Morgan fingerprint density at radius 3 is 2.44 bits per heavy atom. The molecule has 0 aromatic rings. The van der Waals surface area contributed by atoms with Crippen molar-refractivity contribution in [3.05, 3.63) is 6.42 Å². The fourth-order valence-corrected chi connectivity index (χ4v) is 0.428. The van der Waals surface area contributed by atoms with Crippen molar-refractivity contribution in [2.75, 3.05) is 6.61 Å². The van der Waals surface area contributed by atoms with Gasteiger partial charge in [-0.1, -0.05) is 5.16 Å². The maximum Gasteiger partial charge on any atom is 0.433 e. The third kappa shape index (κ3) is 1.34. The van der Waals surface area contributed by atoms with Crippen molar-refractivity contribution in [3.63, 3.8) is 0 Å². The van der Waals surface area contributed by atoms with Crippen LogP contribution in [0.1, 0.15) is 0 Å². The molecular formula is C4H3F3NO. The summed E-state index contributed by atoms with van der Waals surface area (Å²) < 4.78 is 34.6. The van der Waals surface area contributed by atoms with E-state index >= 15 is 0 Å². The van der Waals surface area contributed by atoms with E-state index in [1.807, 2.05) is 0 Å². The van der Waals surface area contributed by atoms with Gasteiger partial charge in [-0.15, -0.1) is 0 Å². The summed E-state index contributed by atoms with van der Waals surface area (Å²) in [5, 5.41) is 2.74. The highest BCUT2D eigenvalue weighted by molar-refractivity contribution is 5.97. The number of halogens is 3. The smallest absolute Gasteiger partial charge is 0.395 e. The van der Waals surface area contributed by atoms with Crippen LogP contribution in [0, 0.1) is 6.42 Å². The predicted molar refractivity (Wildman–Crippen MR) is 23.7 cm³/mol. The van der Waals surface area contributed by atoms with Crippen LogP contribution in [-0.2, 0) is 4.84 Å². The van der Waals surface area contributed by atoms with Gasteiger partial charge in [0.25, 0.3) is 0 Å². The molecule has 1 aliphatic heterocycles. The Balaban J connectivity index is 2.61. The second kappa shape index (κ2) is 1.89. The average Bonchev–Trinajstić information content (AvgIpc) is 2.08. The lowest BCUT2D eigenvalue weighted by Gasteiger charge is -2.00. The van der Waals surface area contributed by atoms with Crippen LogP contribution in [0.2, 0.25) is 0 Å². The van der Waals surface area contributed by atoms with E-state index in [0.29, 0.717) is 0 Å². The van der Waals surface area contributed by atoms with E-state index in [1.165, 1.54) is 0 Å². The summed E-state index contributed by atoms with van der Waals surface area (Å²) in [4.78, 5) is 4.10. The Morgan fingerprint density at radius 1 is 1.56 bits per heavy atom. The number of hydrogen-bond donors (Lipinski definition) is 0. The number of oxime groups is 1. The van der Waals surface area contributed by atoms with Crippen LogP contribution in [0.15, 0.2) is 5.16 Å². The highest BCUT2D eigenvalue weighted by Crippen LogP contribution is 2.21. The van der Waals surface area contributed by atoms with Gasteiger partial charge in [-0.3, -0.25) is 0 Å². The van der Waals surface area contributed by atoms with Gasteiger partial charge in [0.05, 0.1) is 6.42 Å². The Bertz CT molecular complexity index is 139. The topological polar surface area (TPSA) is 21.6 Å². The second-order valence-electron chi connectivity index (χ2n) is 1.47. The molecule has 0 bridgehead atoms. The van der Waals surface area contributed by atoms with Gasteiger partial charge in [-0.05, 0) is 0 Å². The highest BCUT2D eigenvalue weighted by Gasteiger charge is 2.38. The molecule has 1 rings (SSSR count). The van der Waals surface area contributed by atoms with E-state index in [9.17, 15) is 13.2 Å². The zero-order valence-electron chi connectivity index (χ0n) is 4.27. The summed E-state index contributed by atoms with van der Waals surface area (Å²) in [5.41, 5.74) is -0.942. The third-order valence-electron chi connectivity index (χ3n) is 0.805. The summed E-state index contributed by atoms with van der Waals surface area (Å²) in [6.45, 7) is -0.0746. The first-order valence-corrected chi connectivity index (χ1v) is 2.21. The van der Waals surface area contributed by atoms with Crippen LogP contribution in [0.3, 0.4) is 0 Å². The number of hydrogen-bond acceptors (Lipinski definition) is 2. The molecule has 0 aromatic heterocycles. The van der Waals surface area contributed by atoms with Crippen molar-refractivity contribution in [2.45, 2.75) is 6.18 Å². The molecule has 5 heteroatoms. The van der Waals surface area contributed by atoms with Gasteiger partial charge in [-0.25, -0.2) is 0 Å². The molecule has 0 amide bonds. The highest BCUT2D eigenvalue weighted by atomic mass is 19.4. The van der Waals surface area contributed by atoms with E-state index in [4.69, 9.17) is 0 Å². The maximum absolute atomic E-state index is 11.5. The van der Waals surface area contributed by atoms with Gasteiger partial charge in [0, 0.05) is 0 Å². The van der Waals surface area contributed by atoms with Crippen LogP contribution in [-0.4, -0.2) is 18.5 Å². The fraction of sp³-hybridized carbons (Fsp3) is 0.500. The van der Waals surface area contributed by atoms with Gasteiger partial charge in [0.2, 0.25) is 0 Å². The summed E-state index contributed by atoms with van der Waals surface area (Å²) in [7, 11) is 0. The molecule has 0 unspecified atom stereocenters. The molecule has 0 saturated heterocycles. The Labute approximate surface area is 49.3 Å². The van der Waals surface area contributed by atoms with Crippen LogP contribution in [0.5, 0.6) is 0 Å². The first-order chi connectivity index (χ1) is 4.11. The van der Waals surface area contributed by atoms with Crippen molar-refractivity contribution < 1.29 is 18.0 Å². The fourth-order valence-electron chi connectivity index (χ4n) is 0.428. The first kappa shape index (κ1) is 6.38. The van der Waals surface area contributed by atoms with E-state index in [1.54, 1.807) is 0 Å². The summed E-state index contributed by atoms with van der Waals surface area (Å²) in [6.07, 6.45) is -3.46. The molecule has 0 spiro atoms. The Hall–Kier alpha value is -0.740. The van der Waals surface area contributed by atoms with Crippen LogP contribution < -0.4 is 0 Å². The number of alkyl halides is 3. The van der Waals surface area contributed by atoms with Gasteiger partial charge in [0.15, 0.2) is 5.71 Å². The van der Waals surface area contributed by atoms with Crippen LogP contribution >= 0.6 is 0 Å². The first-order valence-electron chi connectivity index (χ1n) is 2.21. The molecule has 0 fully saturated rings. The van der Waals surface area contributed by atoms with Crippen molar-refractivity contribution in [1.29, 1.82) is 0 Å². The number of rotatable bonds is 0. The quantitative estimate of drug-likeness (QED) is 0.491. The Morgan fingerprint density at radius 2 is 2.22 bits per heavy atom. The molecule has 51 valence electrons. The molecule has 0 aromatic carbocycles. The van der Waals surface area contributed by atoms with Crippen molar-refractivity contribution in [3.8, 4) is 0 Å². The van der Waals surface area contributed by atoms with Crippen molar-refractivity contribution >= 4 is 5.71 Å². The van der Waals surface area contributed by atoms with E-state index in [0.717, 1.165) is 6.42 Å². The SMILES string of the molecule is FC(F)(F)C1=NOC[CH]1. The number of nitrogens with zero attached hydrogens (tertiary/aromatic N) is 1. The Kier molecular flexibility index (Phi) is 1.34. The summed E-state index contributed by atoms with van der Waals surface area (Å²) in [5.74, 6) is 0. The minimum Gasteiger partial charge on any atom is -0.395 e. The molecule has 1 aliphatic rings. The molecule has 9 heavy (non-hydrogen) atoms. The summed E-state index contributed by atoms with van der Waals surface area (Å²) >= 11 is 0. The maximum atomic E-state index is 11.5. The van der Waals surface area contributed by atoms with Gasteiger partial charge >= 0.3 is 6.18 Å². The largest absolute Gasteiger partial charge is 0.433 e. The van der Waals surface area contributed by atoms with Gasteiger partial charge in [-0.2, -0.15) is 13.2 Å². The van der Waals surface area contributed by atoms with E-state index in [-0.39, 0.29) is 6.61 Å². The van der Waals surface area contributed by atoms with Crippen LogP contribution in [0.25, 0.3) is 0 Å². The minimum absolute atomic E-state index is 0.0746. The van der Waals surface area contributed by atoms with Gasteiger partial charge < -0.3 is 4.84 Å². The summed E-state index contributed by atoms with van der Waals surface area (Å²) in [6, 6.07) is 0. The minimum atomic E-state index is -4.35. The van der Waals surface area contributed by atoms with Crippen molar-refractivity contribution in [2.24, 2.45) is 5.16 Å². The second-order valence-corrected chi connectivity index (χ2v) is 1.47. The molecule has 0 aliphatic carbocycles. The molecule has 1 heterocycles.